The molecule has 3 N–H and O–H groups in total. The van der Waals surface area contributed by atoms with Gasteiger partial charge in [-0.1, -0.05) is 6.92 Å². The van der Waals surface area contributed by atoms with Crippen LogP contribution in [-0.2, 0) is 43.1 Å². The zero-order valence-corrected chi connectivity index (χ0v) is 21.6. The zero-order valence-electron chi connectivity index (χ0n) is 19.1. The normalized spacial score (nSPS) is 17.1. The summed E-state index contributed by atoms with van der Waals surface area (Å²) in [5, 5.41) is 0. The number of rotatable bonds is 10. The Hall–Kier alpha value is -2.24. The quantitative estimate of drug-likeness (QED) is 0.271. The fourth-order valence-corrected chi connectivity index (χ4v) is 5.43. The van der Waals surface area contributed by atoms with Crippen LogP contribution in [0.1, 0.15) is 37.0 Å². The lowest BCUT2D eigenvalue weighted by Gasteiger charge is -2.17. The smallest absolute Gasteiger partial charge is 0.294 e. The van der Waals surface area contributed by atoms with E-state index in [1.807, 2.05) is 4.90 Å². The first kappa shape index (κ1) is 27.3. The highest BCUT2D eigenvalue weighted by atomic mass is 32.2. The van der Waals surface area contributed by atoms with Gasteiger partial charge in [-0.15, -0.1) is 0 Å². The van der Waals surface area contributed by atoms with Crippen molar-refractivity contribution in [2.45, 2.75) is 42.4 Å². The predicted octanol–water partition coefficient (Wildman–Crippen LogP) is 0.284. The van der Waals surface area contributed by atoms with Crippen molar-refractivity contribution < 1.29 is 34.4 Å². The summed E-state index contributed by atoms with van der Waals surface area (Å²) in [5.41, 5.74) is -0.126. The van der Waals surface area contributed by atoms with Crippen molar-refractivity contribution in [1.29, 1.82) is 0 Å². The van der Waals surface area contributed by atoms with Crippen LogP contribution in [0.5, 0.6) is 0 Å². The molecule has 2 heterocycles. The number of sulfonamides is 1. The Labute approximate surface area is 204 Å². The molecule has 1 saturated heterocycles. The van der Waals surface area contributed by atoms with Crippen molar-refractivity contribution in [3.05, 3.63) is 35.4 Å². The maximum Gasteiger partial charge on any atom is 0.294 e. The monoisotopic (exact) mass is 549 g/mol. The maximum atomic E-state index is 11.9. The van der Waals surface area contributed by atoms with Crippen LogP contribution in [0, 0.1) is 5.92 Å². The molecule has 1 aromatic heterocycles. The first-order valence-corrected chi connectivity index (χ1v) is 15.4. The van der Waals surface area contributed by atoms with Gasteiger partial charge in [-0.2, -0.15) is 26.8 Å². The number of aromatic nitrogens is 3. The average Bonchev–Trinajstić information content (AvgIpc) is 3.15. The Morgan fingerprint density at radius 2 is 1.71 bits per heavy atom. The summed E-state index contributed by atoms with van der Waals surface area (Å²) in [4.78, 5) is 14.1. The summed E-state index contributed by atoms with van der Waals surface area (Å²) < 4.78 is 90.8. The van der Waals surface area contributed by atoms with Crippen molar-refractivity contribution in [1.82, 2.24) is 19.7 Å². The van der Waals surface area contributed by atoms with Gasteiger partial charge in [-0.3, -0.25) is 9.11 Å². The molecule has 0 saturated carbocycles. The molecule has 1 atom stereocenters. The fraction of sp³-hybridized carbons (Fsp3) is 0.526. The molecule has 0 amide bonds. The molecule has 1 fully saturated rings. The molecule has 1 aliphatic rings. The average molecular weight is 550 g/mol. The minimum Gasteiger partial charge on any atom is -0.340 e. The lowest BCUT2D eigenvalue weighted by atomic mass is 10.1. The molecule has 3 rings (SSSR count). The highest BCUT2D eigenvalue weighted by Gasteiger charge is 2.24. The van der Waals surface area contributed by atoms with Gasteiger partial charge in [-0.05, 0) is 42.5 Å². The highest BCUT2D eigenvalue weighted by Crippen LogP contribution is 2.24. The van der Waals surface area contributed by atoms with Crippen LogP contribution in [0.4, 0.5) is 5.95 Å². The topological polar surface area (TPSA) is 197 Å². The van der Waals surface area contributed by atoms with Crippen molar-refractivity contribution >= 4 is 36.2 Å². The van der Waals surface area contributed by atoms with E-state index in [1.165, 1.54) is 0 Å². The van der Waals surface area contributed by atoms with Gasteiger partial charge in [-0.25, -0.2) is 18.1 Å². The third-order valence-electron chi connectivity index (χ3n) is 5.32. The lowest BCUT2D eigenvalue weighted by molar-refractivity contribution is 0.477. The number of nitrogens with zero attached hydrogens (tertiary/aromatic N) is 4. The standard InChI is InChI=1S/C19H27N5O8S3/c1-13-7-9-24(12-13)19-22-17(4-3-8-20-33(2,25)26)21-18(23-19)11-14-10-15(34(27,28)29)5-6-16(14)35(30,31)32/h5-6,10,13,20H,3-4,7-9,11-12H2,1-2H3,(H,27,28,29)(H,30,31,32). The van der Waals surface area contributed by atoms with Crippen LogP contribution < -0.4 is 9.62 Å². The van der Waals surface area contributed by atoms with Crippen LogP contribution >= 0.6 is 0 Å². The fourth-order valence-electron chi connectivity index (χ4n) is 3.68. The molecular weight excluding hydrogens is 522 g/mol. The first-order valence-electron chi connectivity index (χ1n) is 10.6. The number of benzene rings is 1. The van der Waals surface area contributed by atoms with Gasteiger partial charge in [0.15, 0.2) is 0 Å². The molecule has 0 bridgehead atoms. The summed E-state index contributed by atoms with van der Waals surface area (Å²) >= 11 is 0. The summed E-state index contributed by atoms with van der Waals surface area (Å²) in [6.45, 7) is 3.65. The van der Waals surface area contributed by atoms with Crippen molar-refractivity contribution in [2.24, 2.45) is 5.92 Å². The molecule has 13 nitrogen and oxygen atoms in total. The van der Waals surface area contributed by atoms with Gasteiger partial charge in [0.25, 0.3) is 20.2 Å². The Morgan fingerprint density at radius 1 is 1.03 bits per heavy atom. The second-order valence-corrected chi connectivity index (χ2v) is 13.1. The van der Waals surface area contributed by atoms with Crippen LogP contribution in [0.25, 0.3) is 0 Å². The van der Waals surface area contributed by atoms with Crippen LogP contribution in [0.3, 0.4) is 0 Å². The van der Waals surface area contributed by atoms with Crippen molar-refractivity contribution in [3.63, 3.8) is 0 Å². The third-order valence-corrected chi connectivity index (χ3v) is 7.85. The van der Waals surface area contributed by atoms with E-state index in [0.29, 0.717) is 43.6 Å². The number of hydrogen-bond donors (Lipinski definition) is 3. The van der Waals surface area contributed by atoms with Crippen molar-refractivity contribution in [2.75, 3.05) is 30.8 Å². The molecule has 0 aliphatic carbocycles. The molecule has 35 heavy (non-hydrogen) atoms. The Kier molecular flexibility index (Phi) is 8.12. The van der Waals surface area contributed by atoms with E-state index in [4.69, 9.17) is 0 Å². The molecule has 194 valence electrons. The zero-order chi connectivity index (χ0) is 26.0. The van der Waals surface area contributed by atoms with E-state index in [0.717, 1.165) is 30.9 Å². The summed E-state index contributed by atoms with van der Waals surface area (Å²) in [6.07, 6.45) is 2.39. The Morgan fingerprint density at radius 3 is 2.29 bits per heavy atom. The van der Waals surface area contributed by atoms with Gasteiger partial charge < -0.3 is 4.90 Å². The molecule has 1 unspecified atom stereocenters. The van der Waals surface area contributed by atoms with E-state index in [9.17, 15) is 34.4 Å². The molecule has 16 heteroatoms. The van der Waals surface area contributed by atoms with E-state index in [2.05, 4.69) is 26.6 Å². The number of nitrogens with one attached hydrogen (secondary N) is 1. The van der Waals surface area contributed by atoms with Crippen LogP contribution in [0.15, 0.2) is 28.0 Å². The molecule has 0 radical (unpaired) electrons. The van der Waals surface area contributed by atoms with Gasteiger partial charge in [0, 0.05) is 32.5 Å². The number of anilines is 1. The second-order valence-electron chi connectivity index (χ2n) is 8.47. The minimum atomic E-state index is -4.71. The largest absolute Gasteiger partial charge is 0.340 e. The Bertz CT molecular complexity index is 1410. The molecular formula is C19H27N5O8S3. The molecule has 2 aromatic rings. The van der Waals surface area contributed by atoms with Crippen LogP contribution in [0.2, 0.25) is 0 Å². The summed E-state index contributed by atoms with van der Waals surface area (Å²) in [7, 11) is -12.7. The molecule has 0 spiro atoms. The van der Waals surface area contributed by atoms with Gasteiger partial charge in [0.05, 0.1) is 16.0 Å². The van der Waals surface area contributed by atoms with Gasteiger partial charge >= 0.3 is 0 Å². The predicted molar refractivity (Wildman–Crippen MR) is 126 cm³/mol. The van der Waals surface area contributed by atoms with Gasteiger partial charge in [0.1, 0.15) is 11.6 Å². The summed E-state index contributed by atoms with van der Waals surface area (Å²) in [6, 6.07) is 2.69. The van der Waals surface area contributed by atoms with E-state index < -0.39 is 40.1 Å². The minimum absolute atomic E-state index is 0.123. The maximum absolute atomic E-state index is 11.9. The Balaban J connectivity index is 1.98. The number of hydrogen-bond acceptors (Lipinski definition) is 10. The number of aryl methyl sites for hydroxylation is 1. The van der Waals surface area contributed by atoms with E-state index in [1.54, 1.807) is 0 Å². The lowest BCUT2D eigenvalue weighted by Crippen LogP contribution is -2.25. The molecule has 1 aromatic carbocycles. The van der Waals surface area contributed by atoms with Crippen LogP contribution in [-0.4, -0.2) is 75.2 Å². The SMILES string of the molecule is CC1CCN(c2nc(CCCNS(C)(=O)=O)nc(Cc3cc(S(=O)(=O)O)ccc3S(=O)(=O)O)n2)C1. The second kappa shape index (κ2) is 10.4. The highest BCUT2D eigenvalue weighted by molar-refractivity contribution is 7.88. The first-order chi connectivity index (χ1) is 16.1. The van der Waals surface area contributed by atoms with Gasteiger partial charge in [0.2, 0.25) is 16.0 Å². The summed E-state index contributed by atoms with van der Waals surface area (Å²) in [5.74, 6) is 1.25. The van der Waals surface area contributed by atoms with E-state index in [-0.39, 0.29) is 24.4 Å². The van der Waals surface area contributed by atoms with Crippen molar-refractivity contribution in [3.8, 4) is 0 Å². The van der Waals surface area contributed by atoms with E-state index >= 15 is 0 Å². The molecule has 1 aliphatic heterocycles. The third kappa shape index (κ3) is 7.88.